The van der Waals surface area contributed by atoms with Crippen molar-refractivity contribution in [3.63, 3.8) is 0 Å². The standard InChI is InChI=1S/C19H24FN/c1-2-15-21-19(17-11-13-18(20)14-12-17)10-6-9-16-7-4-3-5-8-16/h3-5,7-8,11-14,19,21H,2,6,9-10,15H2,1H3. The zero-order valence-corrected chi connectivity index (χ0v) is 12.7. The second-order valence-electron chi connectivity index (χ2n) is 5.44. The van der Waals surface area contributed by atoms with Gasteiger partial charge in [-0.3, -0.25) is 0 Å². The summed E-state index contributed by atoms with van der Waals surface area (Å²) in [6, 6.07) is 17.8. The van der Waals surface area contributed by atoms with E-state index in [-0.39, 0.29) is 5.82 Å². The first-order chi connectivity index (χ1) is 10.3. The maximum Gasteiger partial charge on any atom is 0.123 e. The van der Waals surface area contributed by atoms with Crippen LogP contribution in [-0.2, 0) is 6.42 Å². The summed E-state index contributed by atoms with van der Waals surface area (Å²) in [5, 5.41) is 3.57. The summed E-state index contributed by atoms with van der Waals surface area (Å²) in [5.74, 6) is -0.169. The number of hydrogen-bond acceptors (Lipinski definition) is 1. The smallest absolute Gasteiger partial charge is 0.123 e. The van der Waals surface area contributed by atoms with Crippen molar-refractivity contribution in [3.8, 4) is 0 Å². The van der Waals surface area contributed by atoms with Gasteiger partial charge >= 0.3 is 0 Å². The first-order valence-electron chi connectivity index (χ1n) is 7.82. The van der Waals surface area contributed by atoms with E-state index in [1.807, 2.05) is 18.2 Å². The van der Waals surface area contributed by atoms with E-state index in [2.05, 4.69) is 36.5 Å². The van der Waals surface area contributed by atoms with E-state index in [1.54, 1.807) is 12.1 Å². The van der Waals surface area contributed by atoms with Crippen LogP contribution in [-0.4, -0.2) is 6.54 Å². The van der Waals surface area contributed by atoms with Crippen molar-refractivity contribution >= 4 is 0 Å². The van der Waals surface area contributed by atoms with Gasteiger partial charge in [0.2, 0.25) is 0 Å². The van der Waals surface area contributed by atoms with Crippen molar-refractivity contribution in [2.45, 2.75) is 38.6 Å². The van der Waals surface area contributed by atoms with Crippen molar-refractivity contribution in [2.24, 2.45) is 0 Å². The molecule has 1 atom stereocenters. The van der Waals surface area contributed by atoms with Crippen LogP contribution in [0, 0.1) is 5.82 Å². The van der Waals surface area contributed by atoms with Crippen molar-refractivity contribution in [1.29, 1.82) is 0 Å². The monoisotopic (exact) mass is 285 g/mol. The predicted molar refractivity (Wildman–Crippen MR) is 86.8 cm³/mol. The largest absolute Gasteiger partial charge is 0.310 e. The summed E-state index contributed by atoms with van der Waals surface area (Å²) in [6.45, 7) is 3.16. The summed E-state index contributed by atoms with van der Waals surface area (Å²) >= 11 is 0. The van der Waals surface area contributed by atoms with Crippen LogP contribution < -0.4 is 5.32 Å². The van der Waals surface area contributed by atoms with E-state index in [0.717, 1.165) is 32.2 Å². The number of benzene rings is 2. The minimum atomic E-state index is -0.169. The molecule has 0 aliphatic carbocycles. The van der Waals surface area contributed by atoms with Gasteiger partial charge in [0.05, 0.1) is 0 Å². The number of hydrogen-bond donors (Lipinski definition) is 1. The van der Waals surface area contributed by atoms with Gasteiger partial charge in [-0.25, -0.2) is 4.39 Å². The van der Waals surface area contributed by atoms with Gasteiger partial charge in [0, 0.05) is 6.04 Å². The Hall–Kier alpha value is -1.67. The van der Waals surface area contributed by atoms with Gasteiger partial charge in [-0.05, 0) is 55.5 Å². The summed E-state index contributed by atoms with van der Waals surface area (Å²) in [5.41, 5.74) is 2.56. The van der Waals surface area contributed by atoms with Gasteiger partial charge in [0.1, 0.15) is 5.82 Å². The quantitative estimate of drug-likeness (QED) is 0.728. The molecule has 0 aliphatic heterocycles. The van der Waals surface area contributed by atoms with Gasteiger partial charge < -0.3 is 5.32 Å². The zero-order chi connectivity index (χ0) is 14.9. The molecule has 2 aromatic carbocycles. The van der Waals surface area contributed by atoms with E-state index in [0.29, 0.717) is 6.04 Å². The zero-order valence-electron chi connectivity index (χ0n) is 12.7. The van der Waals surface area contributed by atoms with Crippen LogP contribution in [0.15, 0.2) is 54.6 Å². The Morgan fingerprint density at radius 2 is 1.71 bits per heavy atom. The lowest BCUT2D eigenvalue weighted by Gasteiger charge is -2.19. The maximum atomic E-state index is 13.1. The molecule has 0 aromatic heterocycles. The molecule has 0 saturated carbocycles. The molecule has 21 heavy (non-hydrogen) atoms. The third kappa shape index (κ3) is 5.31. The maximum absolute atomic E-state index is 13.1. The second kappa shape index (κ2) is 8.58. The highest BCUT2D eigenvalue weighted by molar-refractivity contribution is 5.20. The Balaban J connectivity index is 1.91. The molecule has 0 saturated heterocycles. The number of halogens is 1. The highest BCUT2D eigenvalue weighted by atomic mass is 19.1. The molecule has 1 N–H and O–H groups in total. The summed E-state index contributed by atoms with van der Waals surface area (Å²) < 4.78 is 13.1. The van der Waals surface area contributed by atoms with Crippen LogP contribution in [0.5, 0.6) is 0 Å². The normalized spacial score (nSPS) is 12.3. The minimum Gasteiger partial charge on any atom is -0.310 e. The van der Waals surface area contributed by atoms with Crippen molar-refractivity contribution in [2.75, 3.05) is 6.54 Å². The summed E-state index contributed by atoms with van der Waals surface area (Å²) in [6.07, 6.45) is 4.39. The second-order valence-corrected chi connectivity index (χ2v) is 5.44. The van der Waals surface area contributed by atoms with E-state index < -0.39 is 0 Å². The lowest BCUT2D eigenvalue weighted by molar-refractivity contribution is 0.483. The predicted octanol–water partition coefficient (Wildman–Crippen LogP) is 4.89. The van der Waals surface area contributed by atoms with Gasteiger partial charge in [-0.15, -0.1) is 0 Å². The fourth-order valence-corrected chi connectivity index (χ4v) is 2.56. The SMILES string of the molecule is CCCNC(CCCc1ccccc1)c1ccc(F)cc1. The molecule has 0 aliphatic rings. The molecule has 0 amide bonds. The van der Waals surface area contributed by atoms with E-state index in [4.69, 9.17) is 0 Å². The molecule has 2 aromatic rings. The Morgan fingerprint density at radius 1 is 1.00 bits per heavy atom. The molecule has 1 nitrogen and oxygen atoms in total. The Morgan fingerprint density at radius 3 is 2.38 bits per heavy atom. The third-order valence-corrected chi connectivity index (χ3v) is 3.71. The van der Waals surface area contributed by atoms with Gasteiger partial charge in [-0.1, -0.05) is 49.4 Å². The molecular formula is C19H24FN. The average molecular weight is 285 g/mol. The Kier molecular flexibility index (Phi) is 6.42. The van der Waals surface area contributed by atoms with E-state index >= 15 is 0 Å². The highest BCUT2D eigenvalue weighted by Crippen LogP contribution is 2.20. The average Bonchev–Trinajstić information content (AvgIpc) is 2.53. The van der Waals surface area contributed by atoms with Crippen LogP contribution in [0.1, 0.15) is 43.4 Å². The third-order valence-electron chi connectivity index (χ3n) is 3.71. The summed E-state index contributed by atoms with van der Waals surface area (Å²) in [4.78, 5) is 0. The van der Waals surface area contributed by atoms with Crippen molar-refractivity contribution in [1.82, 2.24) is 5.32 Å². The number of aryl methyl sites for hydroxylation is 1. The highest BCUT2D eigenvalue weighted by Gasteiger charge is 2.10. The number of nitrogens with one attached hydrogen (secondary N) is 1. The van der Waals surface area contributed by atoms with Crippen LogP contribution >= 0.6 is 0 Å². The van der Waals surface area contributed by atoms with Crippen LogP contribution in [0.25, 0.3) is 0 Å². The molecule has 0 radical (unpaired) electrons. The molecule has 112 valence electrons. The first kappa shape index (κ1) is 15.7. The van der Waals surface area contributed by atoms with Crippen LogP contribution in [0.3, 0.4) is 0 Å². The van der Waals surface area contributed by atoms with E-state index in [1.165, 1.54) is 11.1 Å². The Bertz CT molecular complexity index is 507. The van der Waals surface area contributed by atoms with Gasteiger partial charge in [0.15, 0.2) is 0 Å². The Labute approximate surface area is 127 Å². The van der Waals surface area contributed by atoms with Crippen LogP contribution in [0.2, 0.25) is 0 Å². The molecule has 2 heteroatoms. The molecule has 0 fully saturated rings. The van der Waals surface area contributed by atoms with Crippen molar-refractivity contribution in [3.05, 3.63) is 71.5 Å². The van der Waals surface area contributed by atoms with Crippen molar-refractivity contribution < 1.29 is 4.39 Å². The van der Waals surface area contributed by atoms with Gasteiger partial charge in [-0.2, -0.15) is 0 Å². The fourth-order valence-electron chi connectivity index (χ4n) is 2.56. The first-order valence-corrected chi connectivity index (χ1v) is 7.82. The lowest BCUT2D eigenvalue weighted by Crippen LogP contribution is -2.22. The lowest BCUT2D eigenvalue weighted by atomic mass is 9.99. The molecular weight excluding hydrogens is 261 g/mol. The fraction of sp³-hybridized carbons (Fsp3) is 0.368. The van der Waals surface area contributed by atoms with Crippen LogP contribution in [0.4, 0.5) is 4.39 Å². The van der Waals surface area contributed by atoms with E-state index in [9.17, 15) is 4.39 Å². The summed E-state index contributed by atoms with van der Waals surface area (Å²) in [7, 11) is 0. The topological polar surface area (TPSA) is 12.0 Å². The molecule has 2 rings (SSSR count). The number of rotatable bonds is 8. The molecule has 0 spiro atoms. The molecule has 1 unspecified atom stereocenters. The molecule has 0 bridgehead atoms. The minimum absolute atomic E-state index is 0.169. The molecule has 0 heterocycles. The van der Waals surface area contributed by atoms with Gasteiger partial charge in [0.25, 0.3) is 0 Å².